The van der Waals surface area contributed by atoms with Crippen molar-refractivity contribution >= 4 is 18.3 Å². The number of rotatable bonds is 2. The number of carbonyl (C=O) groups is 1. The number of benzene rings is 1. The first-order chi connectivity index (χ1) is 11.8. The Morgan fingerprint density at radius 2 is 1.77 bits per heavy atom. The first-order valence-electron chi connectivity index (χ1n) is 9.03. The molecule has 1 amide bonds. The van der Waals surface area contributed by atoms with E-state index in [9.17, 15) is 18.0 Å². The number of piperidine rings is 1. The van der Waals surface area contributed by atoms with Crippen LogP contribution in [0.5, 0.6) is 0 Å². The summed E-state index contributed by atoms with van der Waals surface area (Å²) in [4.78, 5) is 15.0. The quantitative estimate of drug-likeness (QED) is 0.836. The molecule has 1 aromatic carbocycles. The largest absolute Gasteiger partial charge is 0.416 e. The summed E-state index contributed by atoms with van der Waals surface area (Å²) in [5.41, 5.74) is -0.544. The molecule has 2 saturated heterocycles. The maximum Gasteiger partial charge on any atom is 0.416 e. The van der Waals surface area contributed by atoms with Crippen LogP contribution >= 0.6 is 12.4 Å². The van der Waals surface area contributed by atoms with Crippen LogP contribution in [0, 0.1) is 5.41 Å². The van der Waals surface area contributed by atoms with Gasteiger partial charge >= 0.3 is 6.18 Å². The molecule has 7 heteroatoms. The van der Waals surface area contributed by atoms with E-state index in [1.807, 2.05) is 4.90 Å². The lowest BCUT2D eigenvalue weighted by Gasteiger charge is -2.40. The molecule has 0 radical (unpaired) electrons. The van der Waals surface area contributed by atoms with Gasteiger partial charge in [-0.1, -0.05) is 18.2 Å². The third-order valence-electron chi connectivity index (χ3n) is 6.35. The number of nitrogens with zero attached hydrogens (tertiary/aromatic N) is 1. The molecule has 144 valence electrons. The van der Waals surface area contributed by atoms with Gasteiger partial charge in [-0.3, -0.25) is 4.79 Å². The lowest BCUT2D eigenvalue weighted by atomic mass is 9.77. The molecule has 0 atom stereocenters. The van der Waals surface area contributed by atoms with Gasteiger partial charge in [-0.05, 0) is 55.7 Å². The van der Waals surface area contributed by atoms with Gasteiger partial charge in [0, 0.05) is 19.6 Å². The lowest BCUT2D eigenvalue weighted by Crippen LogP contribution is -2.47. The fourth-order valence-corrected chi connectivity index (χ4v) is 4.45. The molecule has 26 heavy (non-hydrogen) atoms. The molecule has 1 saturated carbocycles. The molecule has 1 aliphatic carbocycles. The average Bonchev–Trinajstić information content (AvgIpc) is 3.30. The summed E-state index contributed by atoms with van der Waals surface area (Å²) in [6.07, 6.45) is 0.0669. The first kappa shape index (κ1) is 19.5. The SMILES string of the molecule is Cl.O=C(N1CCC2(CCNC2)CC1)C1(c2cccc(C(F)(F)F)c2)CC1. The van der Waals surface area contributed by atoms with Gasteiger partial charge in [0.1, 0.15) is 0 Å². The highest BCUT2D eigenvalue weighted by molar-refractivity contribution is 5.91. The van der Waals surface area contributed by atoms with Gasteiger partial charge in [0.25, 0.3) is 0 Å². The van der Waals surface area contributed by atoms with E-state index in [0.29, 0.717) is 23.8 Å². The number of alkyl halides is 3. The van der Waals surface area contributed by atoms with Crippen molar-refractivity contribution in [2.24, 2.45) is 5.41 Å². The minimum absolute atomic E-state index is 0. The van der Waals surface area contributed by atoms with Gasteiger partial charge in [0.05, 0.1) is 11.0 Å². The van der Waals surface area contributed by atoms with Crippen LogP contribution in [-0.2, 0) is 16.4 Å². The van der Waals surface area contributed by atoms with Crippen LogP contribution in [0.2, 0.25) is 0 Å². The maximum absolute atomic E-state index is 13.1. The summed E-state index contributed by atoms with van der Waals surface area (Å²) in [5.74, 6) is 0.0210. The van der Waals surface area contributed by atoms with Crippen LogP contribution in [0.4, 0.5) is 13.2 Å². The van der Waals surface area contributed by atoms with Crippen LogP contribution in [0.15, 0.2) is 24.3 Å². The summed E-state index contributed by atoms with van der Waals surface area (Å²) in [7, 11) is 0. The second kappa shape index (κ2) is 6.71. The van der Waals surface area contributed by atoms with E-state index < -0.39 is 17.2 Å². The van der Waals surface area contributed by atoms with Crippen LogP contribution < -0.4 is 5.32 Å². The Morgan fingerprint density at radius 1 is 1.08 bits per heavy atom. The third-order valence-corrected chi connectivity index (χ3v) is 6.35. The Labute approximate surface area is 157 Å². The van der Waals surface area contributed by atoms with Gasteiger partial charge in [0.2, 0.25) is 5.91 Å². The first-order valence-corrected chi connectivity index (χ1v) is 9.03. The topological polar surface area (TPSA) is 32.3 Å². The van der Waals surface area contributed by atoms with Crippen LogP contribution in [-0.4, -0.2) is 37.0 Å². The van der Waals surface area contributed by atoms with Crippen molar-refractivity contribution in [2.75, 3.05) is 26.2 Å². The Hall–Kier alpha value is -1.27. The molecule has 3 aliphatic rings. The standard InChI is InChI=1S/C19H23F3N2O.ClH/c20-19(21,22)15-3-1-2-14(12-15)18(4-5-18)16(25)24-10-7-17(8-11-24)6-9-23-13-17;/h1-3,12,23H,4-11,13H2;1H. The second-order valence-corrected chi connectivity index (χ2v) is 7.88. The highest BCUT2D eigenvalue weighted by Gasteiger charge is 2.54. The number of halogens is 4. The monoisotopic (exact) mass is 388 g/mol. The lowest BCUT2D eigenvalue weighted by molar-refractivity contribution is -0.138. The highest BCUT2D eigenvalue weighted by Crippen LogP contribution is 2.51. The van der Waals surface area contributed by atoms with E-state index in [4.69, 9.17) is 0 Å². The van der Waals surface area contributed by atoms with Crippen molar-refractivity contribution in [2.45, 2.75) is 43.7 Å². The summed E-state index contributed by atoms with van der Waals surface area (Å²) >= 11 is 0. The van der Waals surface area contributed by atoms with E-state index >= 15 is 0 Å². The zero-order chi connectivity index (χ0) is 17.7. The Bertz CT molecular complexity index is 672. The van der Waals surface area contributed by atoms with Crippen LogP contribution in [0.25, 0.3) is 0 Å². The highest BCUT2D eigenvalue weighted by atomic mass is 35.5. The summed E-state index contributed by atoms with van der Waals surface area (Å²) in [6, 6.07) is 5.33. The fourth-order valence-electron chi connectivity index (χ4n) is 4.45. The number of nitrogens with one attached hydrogen (secondary N) is 1. The van der Waals surface area contributed by atoms with E-state index in [0.717, 1.165) is 57.6 Å². The summed E-state index contributed by atoms with van der Waals surface area (Å²) in [6.45, 7) is 3.51. The third kappa shape index (κ3) is 3.33. The Kier molecular flexibility index (Phi) is 5.03. The van der Waals surface area contributed by atoms with E-state index in [1.54, 1.807) is 6.07 Å². The number of likely N-dealkylation sites (tertiary alicyclic amines) is 1. The second-order valence-electron chi connectivity index (χ2n) is 7.88. The molecule has 0 aromatic heterocycles. The van der Waals surface area contributed by atoms with Crippen molar-refractivity contribution in [3.63, 3.8) is 0 Å². The predicted molar refractivity (Wildman–Crippen MR) is 95.3 cm³/mol. The average molecular weight is 389 g/mol. The molecule has 1 N–H and O–H groups in total. The van der Waals surface area contributed by atoms with E-state index in [1.165, 1.54) is 6.07 Å². The molecule has 2 heterocycles. The number of carbonyl (C=O) groups excluding carboxylic acids is 1. The van der Waals surface area contributed by atoms with Gasteiger partial charge in [0.15, 0.2) is 0 Å². The number of hydrogen-bond donors (Lipinski definition) is 1. The molecule has 1 spiro atoms. The Balaban J connectivity index is 0.00000196. The molecule has 1 aromatic rings. The van der Waals surface area contributed by atoms with Gasteiger partial charge in [-0.2, -0.15) is 13.2 Å². The molecular formula is C19H24ClF3N2O. The van der Waals surface area contributed by atoms with Crippen molar-refractivity contribution in [1.82, 2.24) is 10.2 Å². The van der Waals surface area contributed by atoms with Gasteiger partial charge in [-0.15, -0.1) is 12.4 Å². The van der Waals surface area contributed by atoms with Crippen molar-refractivity contribution in [1.29, 1.82) is 0 Å². The molecule has 3 fully saturated rings. The van der Waals surface area contributed by atoms with Crippen LogP contribution in [0.3, 0.4) is 0 Å². The van der Waals surface area contributed by atoms with E-state index in [2.05, 4.69) is 5.32 Å². The van der Waals surface area contributed by atoms with Crippen molar-refractivity contribution < 1.29 is 18.0 Å². The normalized spacial score (nSPS) is 23.6. The molecule has 0 bridgehead atoms. The maximum atomic E-state index is 13.1. The molecule has 0 unspecified atom stereocenters. The zero-order valence-electron chi connectivity index (χ0n) is 14.6. The van der Waals surface area contributed by atoms with Crippen molar-refractivity contribution in [3.05, 3.63) is 35.4 Å². The minimum Gasteiger partial charge on any atom is -0.342 e. The molecular weight excluding hydrogens is 365 g/mol. The fraction of sp³-hybridized carbons (Fsp3) is 0.632. The minimum atomic E-state index is -4.37. The molecule has 4 rings (SSSR count). The van der Waals surface area contributed by atoms with Crippen molar-refractivity contribution in [3.8, 4) is 0 Å². The predicted octanol–water partition coefficient (Wildman–Crippen LogP) is 3.76. The molecule has 2 aliphatic heterocycles. The van der Waals surface area contributed by atoms with Gasteiger partial charge < -0.3 is 10.2 Å². The number of amides is 1. The number of hydrogen-bond acceptors (Lipinski definition) is 2. The van der Waals surface area contributed by atoms with Crippen LogP contribution in [0.1, 0.15) is 43.2 Å². The van der Waals surface area contributed by atoms with E-state index in [-0.39, 0.29) is 18.3 Å². The summed E-state index contributed by atoms with van der Waals surface area (Å²) in [5, 5.41) is 3.41. The summed E-state index contributed by atoms with van der Waals surface area (Å²) < 4.78 is 39.0. The zero-order valence-corrected chi connectivity index (χ0v) is 15.4. The smallest absolute Gasteiger partial charge is 0.342 e. The van der Waals surface area contributed by atoms with Gasteiger partial charge in [-0.25, -0.2) is 0 Å². The Morgan fingerprint density at radius 3 is 2.31 bits per heavy atom. The molecule has 3 nitrogen and oxygen atoms in total.